The Morgan fingerprint density at radius 1 is 1.04 bits per heavy atom. The molecular formula is C17H20N4O2. The van der Waals surface area contributed by atoms with E-state index in [1.54, 1.807) is 0 Å². The highest BCUT2D eigenvalue weighted by atomic mass is 16.7. The first-order chi connectivity index (χ1) is 11.3. The minimum Gasteiger partial charge on any atom is -0.454 e. The lowest BCUT2D eigenvalue weighted by atomic mass is 10.1. The fourth-order valence-electron chi connectivity index (χ4n) is 2.99. The molecule has 6 nitrogen and oxygen atoms in total. The number of aryl methyl sites for hydroxylation is 1. The van der Waals surface area contributed by atoms with Crippen LogP contribution in [-0.2, 0) is 6.54 Å². The lowest BCUT2D eigenvalue weighted by molar-refractivity contribution is 0.174. The molecule has 23 heavy (non-hydrogen) atoms. The van der Waals surface area contributed by atoms with Gasteiger partial charge in [-0.05, 0) is 30.7 Å². The van der Waals surface area contributed by atoms with Gasteiger partial charge in [0.05, 0.1) is 0 Å². The molecule has 1 aromatic carbocycles. The maximum Gasteiger partial charge on any atom is 0.231 e. The summed E-state index contributed by atoms with van der Waals surface area (Å²) < 4.78 is 10.8. The molecule has 0 spiro atoms. The highest BCUT2D eigenvalue weighted by molar-refractivity contribution is 5.44. The topological polar surface area (TPSA) is 50.7 Å². The number of fused-ring (bicyclic) bond motifs is 1. The second kappa shape index (κ2) is 6.04. The van der Waals surface area contributed by atoms with Crippen LogP contribution in [0.25, 0.3) is 0 Å². The van der Waals surface area contributed by atoms with E-state index in [0.29, 0.717) is 6.79 Å². The predicted molar refractivity (Wildman–Crippen MR) is 86.8 cm³/mol. The van der Waals surface area contributed by atoms with Gasteiger partial charge in [0.1, 0.15) is 0 Å². The van der Waals surface area contributed by atoms with Crippen LogP contribution in [0.3, 0.4) is 0 Å². The smallest absolute Gasteiger partial charge is 0.231 e. The van der Waals surface area contributed by atoms with E-state index in [9.17, 15) is 0 Å². The lowest BCUT2D eigenvalue weighted by Gasteiger charge is -2.34. The molecule has 1 aromatic heterocycles. The summed E-state index contributed by atoms with van der Waals surface area (Å²) in [5, 5.41) is 0. The van der Waals surface area contributed by atoms with Crippen molar-refractivity contribution in [2.24, 2.45) is 0 Å². The Kier molecular flexibility index (Phi) is 3.75. The molecule has 0 radical (unpaired) electrons. The molecule has 0 N–H and O–H groups in total. The molecule has 2 aliphatic heterocycles. The first-order valence-corrected chi connectivity index (χ1v) is 7.93. The molecule has 0 aliphatic carbocycles. The van der Waals surface area contributed by atoms with Gasteiger partial charge in [-0.15, -0.1) is 0 Å². The summed E-state index contributed by atoms with van der Waals surface area (Å²) >= 11 is 0. The zero-order chi connectivity index (χ0) is 15.6. The quantitative estimate of drug-likeness (QED) is 0.862. The van der Waals surface area contributed by atoms with Crippen molar-refractivity contribution < 1.29 is 9.47 Å². The van der Waals surface area contributed by atoms with Gasteiger partial charge in [-0.3, -0.25) is 4.90 Å². The average molecular weight is 312 g/mol. The van der Waals surface area contributed by atoms with Crippen molar-refractivity contribution in [2.45, 2.75) is 13.5 Å². The fraction of sp³-hybridized carbons (Fsp3) is 0.412. The second-order valence-electron chi connectivity index (χ2n) is 5.95. The van der Waals surface area contributed by atoms with Crippen LogP contribution < -0.4 is 14.4 Å². The van der Waals surface area contributed by atoms with E-state index in [2.05, 4.69) is 31.9 Å². The molecule has 0 amide bonds. The lowest BCUT2D eigenvalue weighted by Crippen LogP contribution is -2.46. The van der Waals surface area contributed by atoms with E-state index in [1.807, 2.05) is 25.3 Å². The Bertz CT molecular complexity index is 699. The number of nitrogens with zero attached hydrogens (tertiary/aromatic N) is 4. The van der Waals surface area contributed by atoms with Gasteiger partial charge in [-0.25, -0.2) is 9.97 Å². The van der Waals surface area contributed by atoms with Gasteiger partial charge in [0.25, 0.3) is 0 Å². The summed E-state index contributed by atoms with van der Waals surface area (Å²) in [6.45, 7) is 7.17. The number of rotatable bonds is 3. The molecule has 2 aromatic rings. The van der Waals surface area contributed by atoms with Crippen molar-refractivity contribution in [1.29, 1.82) is 0 Å². The molecule has 3 heterocycles. The van der Waals surface area contributed by atoms with E-state index >= 15 is 0 Å². The molecule has 1 saturated heterocycles. The predicted octanol–water partition coefficient (Wildman–Crippen LogP) is 1.84. The minimum absolute atomic E-state index is 0.327. The van der Waals surface area contributed by atoms with Crippen LogP contribution in [0.1, 0.15) is 11.3 Å². The third-order valence-corrected chi connectivity index (χ3v) is 4.28. The zero-order valence-electron chi connectivity index (χ0n) is 13.2. The Labute approximate surface area is 135 Å². The van der Waals surface area contributed by atoms with Crippen LogP contribution >= 0.6 is 0 Å². The van der Waals surface area contributed by atoms with Crippen LogP contribution in [-0.4, -0.2) is 47.8 Å². The van der Waals surface area contributed by atoms with Crippen LogP contribution in [0, 0.1) is 6.92 Å². The van der Waals surface area contributed by atoms with Gasteiger partial charge in [-0.1, -0.05) is 6.07 Å². The van der Waals surface area contributed by atoms with Crippen molar-refractivity contribution >= 4 is 5.95 Å². The number of ether oxygens (including phenoxy) is 2. The summed E-state index contributed by atoms with van der Waals surface area (Å²) in [7, 11) is 0. The normalized spacial score (nSPS) is 17.5. The molecule has 1 fully saturated rings. The van der Waals surface area contributed by atoms with E-state index in [-0.39, 0.29) is 0 Å². The van der Waals surface area contributed by atoms with Gasteiger partial charge in [0.2, 0.25) is 12.7 Å². The van der Waals surface area contributed by atoms with Crippen molar-refractivity contribution in [2.75, 3.05) is 37.9 Å². The summed E-state index contributed by atoms with van der Waals surface area (Å²) in [6.07, 6.45) is 1.83. The fourth-order valence-corrected chi connectivity index (χ4v) is 2.99. The monoisotopic (exact) mass is 312 g/mol. The molecular weight excluding hydrogens is 292 g/mol. The molecule has 2 aliphatic rings. The van der Waals surface area contributed by atoms with Gasteiger partial charge < -0.3 is 14.4 Å². The molecule has 120 valence electrons. The van der Waals surface area contributed by atoms with Gasteiger partial charge in [-0.2, -0.15) is 0 Å². The largest absolute Gasteiger partial charge is 0.454 e. The van der Waals surface area contributed by atoms with Crippen molar-refractivity contribution in [3.8, 4) is 11.5 Å². The van der Waals surface area contributed by atoms with E-state index in [0.717, 1.165) is 55.9 Å². The number of hydrogen-bond donors (Lipinski definition) is 0. The van der Waals surface area contributed by atoms with Crippen molar-refractivity contribution in [3.63, 3.8) is 0 Å². The molecule has 0 saturated carbocycles. The van der Waals surface area contributed by atoms with E-state index < -0.39 is 0 Å². The summed E-state index contributed by atoms with van der Waals surface area (Å²) in [4.78, 5) is 13.6. The summed E-state index contributed by atoms with van der Waals surface area (Å²) in [5.74, 6) is 2.54. The first-order valence-electron chi connectivity index (χ1n) is 7.93. The standard InChI is InChI=1S/C17H20N4O2/c1-13-4-5-18-17(19-13)21-8-6-20(7-9-21)11-14-2-3-15-16(10-14)23-12-22-15/h2-5,10H,6-9,11-12H2,1H3. The van der Waals surface area contributed by atoms with Crippen LogP contribution in [0.5, 0.6) is 11.5 Å². The van der Waals surface area contributed by atoms with Gasteiger partial charge in [0.15, 0.2) is 11.5 Å². The first kappa shape index (κ1) is 14.3. The molecule has 0 bridgehead atoms. The maximum atomic E-state index is 5.45. The highest BCUT2D eigenvalue weighted by Gasteiger charge is 2.20. The molecule has 6 heteroatoms. The van der Waals surface area contributed by atoms with E-state index in [4.69, 9.17) is 9.47 Å². The maximum absolute atomic E-state index is 5.45. The van der Waals surface area contributed by atoms with Gasteiger partial charge in [0, 0.05) is 44.6 Å². The van der Waals surface area contributed by atoms with E-state index in [1.165, 1.54) is 5.56 Å². The summed E-state index contributed by atoms with van der Waals surface area (Å²) in [5.41, 5.74) is 2.27. The SMILES string of the molecule is Cc1ccnc(N2CCN(Cc3ccc4c(c3)OCO4)CC2)n1. The van der Waals surface area contributed by atoms with Crippen molar-refractivity contribution in [1.82, 2.24) is 14.9 Å². The van der Waals surface area contributed by atoms with Crippen LogP contribution in [0.2, 0.25) is 0 Å². The average Bonchev–Trinajstić information content (AvgIpc) is 3.03. The Balaban J connectivity index is 1.36. The summed E-state index contributed by atoms with van der Waals surface area (Å²) in [6, 6.07) is 8.12. The van der Waals surface area contributed by atoms with Crippen LogP contribution in [0.15, 0.2) is 30.5 Å². The van der Waals surface area contributed by atoms with Crippen molar-refractivity contribution in [3.05, 3.63) is 41.7 Å². The second-order valence-corrected chi connectivity index (χ2v) is 5.95. The number of anilines is 1. The third kappa shape index (κ3) is 3.07. The molecule has 4 rings (SSSR count). The Morgan fingerprint density at radius 3 is 2.70 bits per heavy atom. The van der Waals surface area contributed by atoms with Gasteiger partial charge >= 0.3 is 0 Å². The number of hydrogen-bond acceptors (Lipinski definition) is 6. The number of benzene rings is 1. The van der Waals surface area contributed by atoms with Crippen LogP contribution in [0.4, 0.5) is 5.95 Å². The molecule has 0 atom stereocenters. The Hall–Kier alpha value is -2.34. The minimum atomic E-state index is 0.327. The number of aromatic nitrogens is 2. The zero-order valence-corrected chi connectivity index (χ0v) is 13.2. The third-order valence-electron chi connectivity index (χ3n) is 4.28. The Morgan fingerprint density at radius 2 is 1.87 bits per heavy atom. The highest BCUT2D eigenvalue weighted by Crippen LogP contribution is 2.32. The molecule has 0 unspecified atom stereocenters. The number of piperazine rings is 1.